The smallest absolute Gasteiger partial charge is 0.410 e. The molecule has 4 aliphatic carbocycles. The van der Waals surface area contributed by atoms with Gasteiger partial charge >= 0.3 is 12.1 Å². The van der Waals surface area contributed by atoms with Crippen LogP contribution in [0.15, 0.2) is 66.8 Å². The summed E-state index contributed by atoms with van der Waals surface area (Å²) < 4.78 is 34.2. The number of methoxy groups -OCH3 is 1. The second kappa shape index (κ2) is 17.6. The molecule has 12 heteroatoms. The molecule has 3 saturated carbocycles. The van der Waals surface area contributed by atoms with Crippen LogP contribution in [-0.2, 0) is 30.3 Å². The van der Waals surface area contributed by atoms with E-state index in [0.717, 1.165) is 74.1 Å². The average molecular weight is 920 g/mol. The van der Waals surface area contributed by atoms with E-state index in [1.807, 2.05) is 74.5 Å². The van der Waals surface area contributed by atoms with E-state index < -0.39 is 5.60 Å². The maximum Gasteiger partial charge on any atom is 0.410 e. The number of rotatable bonds is 11. The Morgan fingerprint density at radius 2 is 1.69 bits per heavy atom. The van der Waals surface area contributed by atoms with Crippen LogP contribution in [0.1, 0.15) is 132 Å². The fourth-order valence-electron chi connectivity index (χ4n) is 15.0. The van der Waals surface area contributed by atoms with Crippen LogP contribution in [0.4, 0.5) is 4.79 Å². The Labute approximate surface area is 399 Å². The quantitative estimate of drug-likeness (QED) is 0.135. The van der Waals surface area contributed by atoms with E-state index in [1.54, 1.807) is 13.4 Å². The minimum atomic E-state index is -0.584. The second-order valence-corrected chi connectivity index (χ2v) is 23.7. The van der Waals surface area contributed by atoms with Crippen LogP contribution in [0, 0.1) is 56.7 Å². The number of ether oxygens (including phenoxy) is 5. The highest BCUT2D eigenvalue weighted by Crippen LogP contribution is 2.75. The summed E-state index contributed by atoms with van der Waals surface area (Å²) in [4.78, 5) is 39.7. The highest BCUT2D eigenvalue weighted by atomic mass is 16.6. The van der Waals surface area contributed by atoms with Crippen molar-refractivity contribution in [2.75, 3.05) is 33.5 Å². The van der Waals surface area contributed by atoms with Crippen molar-refractivity contribution in [2.45, 2.75) is 151 Å². The van der Waals surface area contributed by atoms with Crippen LogP contribution in [0.2, 0.25) is 0 Å². The number of likely N-dealkylation sites (tertiary alicyclic amines) is 1. The standard InChI is InChI=1S/C55H77N5O7/c1-35(2)36(3)51(7)24-25-53(9)41-18-19-44-52(8)32-64-33-55(44,42(41)20-23-54(53,10)45(51)48(61)66-30-37-14-16-40(63-11)17-15-37)29-43(60-47(57-34-58-60)38-21-26-56-27-22-38)46(52)65-31-39-13-12-28-59(39)49(62)67-50(4,5)6/h14-17,20-22,26-27,34-36,39,41,43-46H,12-13,18-19,23-25,28-33H2,1-11H3/t36-,39+,41+,43-,44+,45-,46+,51-,52-,53-,54+,55+/m1/s1. The number of pyridine rings is 1. The van der Waals surface area contributed by atoms with Crippen LogP contribution in [0.5, 0.6) is 5.75 Å². The molecule has 2 bridgehead atoms. The monoisotopic (exact) mass is 920 g/mol. The normalized spacial score (nSPS) is 36.3. The third-order valence-corrected chi connectivity index (χ3v) is 18.9. The molecule has 3 aromatic rings. The molecule has 364 valence electrons. The van der Waals surface area contributed by atoms with Crippen LogP contribution in [-0.4, -0.2) is 87.9 Å². The van der Waals surface area contributed by atoms with Crippen molar-refractivity contribution < 1.29 is 33.3 Å². The van der Waals surface area contributed by atoms with Gasteiger partial charge in [0.05, 0.1) is 51.0 Å². The molecule has 2 saturated heterocycles. The third-order valence-electron chi connectivity index (χ3n) is 18.9. The lowest BCUT2D eigenvalue weighted by atomic mass is 9.34. The molecule has 12 atom stereocenters. The highest BCUT2D eigenvalue weighted by Gasteiger charge is 2.72. The van der Waals surface area contributed by atoms with Crippen LogP contribution < -0.4 is 4.74 Å². The molecular weight excluding hydrogens is 843 g/mol. The minimum absolute atomic E-state index is 0.0726. The predicted octanol–water partition coefficient (Wildman–Crippen LogP) is 10.9. The topological polar surface area (TPSA) is 127 Å². The number of esters is 1. The van der Waals surface area contributed by atoms with Gasteiger partial charge in [0.1, 0.15) is 24.3 Å². The molecule has 0 unspecified atom stereocenters. The number of hydrogen-bond acceptors (Lipinski definition) is 10. The van der Waals surface area contributed by atoms with Crippen molar-refractivity contribution in [3.05, 3.63) is 72.3 Å². The van der Waals surface area contributed by atoms with E-state index in [9.17, 15) is 4.79 Å². The molecule has 2 aromatic heterocycles. The maximum absolute atomic E-state index is 15.1. The molecule has 1 aromatic carbocycles. The summed E-state index contributed by atoms with van der Waals surface area (Å²) >= 11 is 0. The number of fused-ring (bicyclic) bond motifs is 3. The van der Waals surface area contributed by atoms with Gasteiger partial charge in [-0.1, -0.05) is 72.2 Å². The van der Waals surface area contributed by atoms with Gasteiger partial charge in [-0.05, 0) is 142 Å². The second-order valence-electron chi connectivity index (χ2n) is 23.7. The Morgan fingerprint density at radius 3 is 2.39 bits per heavy atom. The summed E-state index contributed by atoms with van der Waals surface area (Å²) in [5.41, 5.74) is 1.42. The molecule has 9 rings (SSSR count). The predicted molar refractivity (Wildman–Crippen MR) is 257 cm³/mol. The van der Waals surface area contributed by atoms with E-state index in [2.05, 4.69) is 64.2 Å². The lowest BCUT2D eigenvalue weighted by Crippen LogP contribution is -2.69. The van der Waals surface area contributed by atoms with Crippen molar-refractivity contribution in [3.63, 3.8) is 0 Å². The Morgan fingerprint density at radius 1 is 0.940 bits per heavy atom. The van der Waals surface area contributed by atoms with Gasteiger partial charge < -0.3 is 28.6 Å². The minimum Gasteiger partial charge on any atom is -0.497 e. The molecule has 0 N–H and O–H groups in total. The molecule has 12 nitrogen and oxygen atoms in total. The van der Waals surface area contributed by atoms with E-state index in [1.165, 1.54) is 5.57 Å². The number of benzene rings is 1. The Kier molecular flexibility index (Phi) is 12.5. The fraction of sp³-hybridized carbons (Fsp3) is 0.691. The lowest BCUT2D eigenvalue weighted by Gasteiger charge is -2.71. The zero-order valence-corrected chi connectivity index (χ0v) is 42.2. The fourth-order valence-corrected chi connectivity index (χ4v) is 15.0. The molecule has 67 heavy (non-hydrogen) atoms. The van der Waals surface area contributed by atoms with Gasteiger partial charge in [-0.3, -0.25) is 9.78 Å². The van der Waals surface area contributed by atoms with Gasteiger partial charge in [-0.2, -0.15) is 5.10 Å². The first-order chi connectivity index (χ1) is 31.8. The zero-order valence-electron chi connectivity index (χ0n) is 42.2. The summed E-state index contributed by atoms with van der Waals surface area (Å²) in [5.74, 6) is 2.49. The molecule has 0 radical (unpaired) electrons. The first-order valence-electron chi connectivity index (χ1n) is 25.3. The van der Waals surface area contributed by atoms with Gasteiger partial charge in [0, 0.05) is 35.3 Å². The summed E-state index contributed by atoms with van der Waals surface area (Å²) in [6.07, 6.45) is 14.8. The van der Waals surface area contributed by atoms with E-state index in [0.29, 0.717) is 44.1 Å². The third kappa shape index (κ3) is 7.92. The zero-order chi connectivity index (χ0) is 47.7. The van der Waals surface area contributed by atoms with E-state index >= 15 is 4.79 Å². The molecule has 1 amide bonds. The Bertz CT molecular complexity index is 2310. The van der Waals surface area contributed by atoms with Gasteiger partial charge in [0.2, 0.25) is 0 Å². The van der Waals surface area contributed by atoms with Crippen molar-refractivity contribution in [2.24, 2.45) is 56.7 Å². The van der Waals surface area contributed by atoms with Gasteiger partial charge in [0.25, 0.3) is 0 Å². The summed E-state index contributed by atoms with van der Waals surface area (Å²) in [5, 5.41) is 5.04. The number of hydrogen-bond donors (Lipinski definition) is 0. The van der Waals surface area contributed by atoms with E-state index in [-0.39, 0.29) is 75.8 Å². The summed E-state index contributed by atoms with van der Waals surface area (Å²) in [6.45, 7) is 25.0. The first kappa shape index (κ1) is 47.8. The number of amides is 1. The first-order valence-corrected chi connectivity index (χ1v) is 25.3. The average Bonchev–Trinajstić information content (AvgIpc) is 3.99. The van der Waals surface area contributed by atoms with Crippen molar-refractivity contribution >= 4 is 12.1 Å². The van der Waals surface area contributed by atoms with Crippen molar-refractivity contribution in [1.29, 1.82) is 0 Å². The SMILES string of the molecule is COc1ccc(COC(=O)[C@@H]2[C@@](C)([C@H](C)C(C)C)CC[C@]3(C)[C@H]4CC[C@@H]5[C@@]6(COC[C@@]5(C)[C@@H](OC[C@@H]5CCCN5C(=O)OC(C)(C)C)[C@H](n5ncnc5-c5ccncc5)C6)C4=CC[C@@]23C)cc1. The van der Waals surface area contributed by atoms with Crippen LogP contribution in [0.3, 0.4) is 0 Å². The molecule has 6 aliphatic rings. The van der Waals surface area contributed by atoms with Crippen LogP contribution in [0.25, 0.3) is 11.4 Å². The maximum atomic E-state index is 15.1. The molecule has 0 spiro atoms. The summed E-state index contributed by atoms with van der Waals surface area (Å²) in [7, 11) is 1.67. The van der Waals surface area contributed by atoms with E-state index in [4.69, 9.17) is 33.8 Å². The van der Waals surface area contributed by atoms with Crippen LogP contribution >= 0.6 is 0 Å². The lowest BCUT2D eigenvalue weighted by molar-refractivity contribution is -0.251. The number of aromatic nitrogens is 4. The molecule has 4 heterocycles. The molecular formula is C55H77N5O7. The van der Waals surface area contributed by atoms with Gasteiger partial charge in [0.15, 0.2) is 5.82 Å². The molecule has 5 fully saturated rings. The Balaban J connectivity index is 1.09. The largest absolute Gasteiger partial charge is 0.497 e. The van der Waals surface area contributed by atoms with Gasteiger partial charge in [-0.15, -0.1) is 0 Å². The molecule has 2 aliphatic heterocycles. The number of carbonyl (C=O) groups is 2. The Hall–Kier alpha value is -4.29. The van der Waals surface area contributed by atoms with Gasteiger partial charge in [-0.25, -0.2) is 14.5 Å². The van der Waals surface area contributed by atoms with Crippen molar-refractivity contribution in [1.82, 2.24) is 24.6 Å². The highest BCUT2D eigenvalue weighted by molar-refractivity contribution is 5.75. The number of carbonyl (C=O) groups excluding carboxylic acids is 2. The van der Waals surface area contributed by atoms with Crippen molar-refractivity contribution in [3.8, 4) is 17.1 Å². The number of nitrogens with zero attached hydrogens (tertiary/aromatic N) is 5. The summed E-state index contributed by atoms with van der Waals surface area (Å²) in [6, 6.07) is 11.6. The number of allylic oxidation sites excluding steroid dienone is 1.